The van der Waals surface area contributed by atoms with Crippen molar-refractivity contribution in [2.24, 2.45) is 0 Å². The molecule has 0 spiro atoms. The maximum absolute atomic E-state index is 12.7. The first-order valence-corrected chi connectivity index (χ1v) is 13.6. The van der Waals surface area contributed by atoms with Crippen LogP contribution in [0.1, 0.15) is 46.1 Å². The molecule has 4 rings (SSSR count). The maximum atomic E-state index is 12.7. The molecule has 1 aliphatic rings. The smallest absolute Gasteiger partial charge is 0.305 e. The Bertz CT molecular complexity index is 1450. The number of carbonyl (C=O) groups is 3. The summed E-state index contributed by atoms with van der Waals surface area (Å²) in [6.07, 6.45) is 3.54. The molecular weight excluding hydrogens is 510 g/mol. The fraction of sp³-hybridized carbons (Fsp3) is 0.269. The third-order valence-corrected chi connectivity index (χ3v) is 7.29. The van der Waals surface area contributed by atoms with Crippen LogP contribution in [0.25, 0.3) is 0 Å². The van der Waals surface area contributed by atoms with Crippen LogP contribution in [0.4, 0.5) is 0 Å². The quantitative estimate of drug-likeness (QED) is 0.334. The molecule has 1 heterocycles. The van der Waals surface area contributed by atoms with Crippen molar-refractivity contribution in [3.05, 3.63) is 94.7 Å². The van der Waals surface area contributed by atoms with Gasteiger partial charge in [0.15, 0.2) is 15.5 Å². The van der Waals surface area contributed by atoms with Crippen LogP contribution < -0.4 is 10.6 Å². The zero-order valence-electron chi connectivity index (χ0n) is 20.4. The summed E-state index contributed by atoms with van der Waals surface area (Å²) in [5.74, 6) is -2.54. The Morgan fingerprint density at radius 1 is 1.11 bits per heavy atom. The Balaban J connectivity index is 1.35. The first-order valence-electron chi connectivity index (χ1n) is 11.9. The summed E-state index contributed by atoms with van der Waals surface area (Å²) in [6, 6.07) is 15.2. The van der Waals surface area contributed by atoms with E-state index < -0.39 is 34.2 Å². The lowest BCUT2D eigenvalue weighted by Gasteiger charge is -2.14. The Morgan fingerprint density at radius 2 is 1.84 bits per heavy atom. The molecule has 0 saturated heterocycles. The van der Waals surface area contributed by atoms with Gasteiger partial charge in [-0.1, -0.05) is 65.9 Å². The van der Waals surface area contributed by atoms with E-state index in [9.17, 15) is 27.9 Å². The van der Waals surface area contributed by atoms with Crippen molar-refractivity contribution in [2.45, 2.75) is 43.6 Å². The zero-order valence-corrected chi connectivity index (χ0v) is 21.2. The Morgan fingerprint density at radius 3 is 2.61 bits per heavy atom. The minimum Gasteiger partial charge on any atom is -0.481 e. The number of aliphatic carboxylic acids is 1. The fourth-order valence-corrected chi connectivity index (χ4v) is 5.42. The van der Waals surface area contributed by atoms with E-state index in [1.54, 1.807) is 30.3 Å². The predicted molar refractivity (Wildman–Crippen MR) is 137 cm³/mol. The van der Waals surface area contributed by atoms with Gasteiger partial charge in [-0.05, 0) is 29.5 Å². The number of hydrogen-bond donors (Lipinski definition) is 3. The SMILES string of the molecule is O=C(O)C[C@@H](/C=C/S(=O)(=O)Cc1ccccc1)NC(=O)c1cn(CC(=O)NC2CCc3ccccc32)nn1. The van der Waals surface area contributed by atoms with Crippen LogP contribution in [0, 0.1) is 0 Å². The van der Waals surface area contributed by atoms with Crippen molar-refractivity contribution in [3.8, 4) is 0 Å². The van der Waals surface area contributed by atoms with E-state index >= 15 is 0 Å². The van der Waals surface area contributed by atoms with Crippen LogP contribution in [-0.4, -0.2) is 52.3 Å². The molecule has 198 valence electrons. The highest BCUT2D eigenvalue weighted by molar-refractivity contribution is 7.93. The van der Waals surface area contributed by atoms with E-state index in [0.717, 1.165) is 29.9 Å². The number of benzene rings is 2. The van der Waals surface area contributed by atoms with Gasteiger partial charge in [-0.15, -0.1) is 5.10 Å². The highest BCUT2D eigenvalue weighted by Crippen LogP contribution is 2.30. The molecule has 1 unspecified atom stereocenters. The van der Waals surface area contributed by atoms with E-state index in [1.165, 1.54) is 16.4 Å². The van der Waals surface area contributed by atoms with Gasteiger partial charge in [-0.2, -0.15) is 0 Å². The lowest BCUT2D eigenvalue weighted by molar-refractivity contribution is -0.137. The van der Waals surface area contributed by atoms with Crippen LogP contribution in [0.5, 0.6) is 0 Å². The average molecular weight is 538 g/mol. The molecule has 3 N–H and O–H groups in total. The van der Waals surface area contributed by atoms with Gasteiger partial charge in [0.25, 0.3) is 5.91 Å². The summed E-state index contributed by atoms with van der Waals surface area (Å²) in [5.41, 5.74) is 2.73. The molecule has 0 aliphatic heterocycles. The fourth-order valence-electron chi connectivity index (χ4n) is 4.24. The van der Waals surface area contributed by atoms with Crippen molar-refractivity contribution < 1.29 is 27.9 Å². The Labute approximate surface area is 219 Å². The number of amides is 2. The number of rotatable bonds is 11. The molecule has 3 aromatic rings. The van der Waals surface area contributed by atoms with Crippen molar-refractivity contribution in [2.75, 3.05) is 0 Å². The third-order valence-electron chi connectivity index (χ3n) is 5.98. The van der Waals surface area contributed by atoms with Crippen LogP contribution in [0.2, 0.25) is 0 Å². The second-order valence-corrected chi connectivity index (χ2v) is 10.8. The second-order valence-electron chi connectivity index (χ2n) is 8.96. The minimum absolute atomic E-state index is 0.0910. The largest absolute Gasteiger partial charge is 0.481 e. The van der Waals surface area contributed by atoms with Crippen LogP contribution >= 0.6 is 0 Å². The summed E-state index contributed by atoms with van der Waals surface area (Å²) >= 11 is 0. The number of aromatic nitrogens is 3. The summed E-state index contributed by atoms with van der Waals surface area (Å²) < 4.78 is 26.1. The molecule has 0 saturated carbocycles. The molecule has 2 amide bonds. The molecule has 0 bridgehead atoms. The molecule has 11 nitrogen and oxygen atoms in total. The number of nitrogens with one attached hydrogen (secondary N) is 2. The van der Waals surface area contributed by atoms with E-state index in [0.29, 0.717) is 5.56 Å². The molecule has 0 radical (unpaired) electrons. The number of carboxylic acids is 1. The Hall–Kier alpha value is -4.32. The summed E-state index contributed by atoms with van der Waals surface area (Å²) in [5, 5.41) is 23.1. The number of sulfone groups is 1. The molecule has 1 aliphatic carbocycles. The van der Waals surface area contributed by atoms with Crippen molar-refractivity contribution >= 4 is 27.6 Å². The van der Waals surface area contributed by atoms with E-state index in [1.807, 2.05) is 24.3 Å². The van der Waals surface area contributed by atoms with E-state index in [2.05, 4.69) is 20.9 Å². The standard InChI is InChI=1S/C26H27N5O6S/c32-24(28-22-11-10-19-8-4-5-9-21(19)22)16-31-15-23(29-30-31)26(35)27-20(14-25(33)34)12-13-38(36,37)17-18-6-2-1-3-7-18/h1-9,12-13,15,20,22H,10-11,14,16-17H2,(H,27,35)(H,28,32)(H,33,34)/b13-12+/t20-,22?/m1/s1. The molecule has 2 atom stereocenters. The van der Waals surface area contributed by atoms with Gasteiger partial charge >= 0.3 is 5.97 Å². The van der Waals surface area contributed by atoms with Gasteiger partial charge < -0.3 is 15.7 Å². The number of carbonyl (C=O) groups excluding carboxylic acids is 2. The first-order chi connectivity index (χ1) is 18.2. The number of fused-ring (bicyclic) bond motifs is 1. The van der Waals surface area contributed by atoms with Gasteiger partial charge in [0.2, 0.25) is 5.91 Å². The van der Waals surface area contributed by atoms with Crippen LogP contribution in [-0.2, 0) is 38.1 Å². The average Bonchev–Trinajstić information content (AvgIpc) is 3.50. The monoisotopic (exact) mass is 537 g/mol. The van der Waals surface area contributed by atoms with Gasteiger partial charge in [0.05, 0.1) is 30.5 Å². The van der Waals surface area contributed by atoms with E-state index in [-0.39, 0.29) is 29.9 Å². The molecule has 2 aromatic carbocycles. The predicted octanol–water partition coefficient (Wildman–Crippen LogP) is 1.78. The highest BCUT2D eigenvalue weighted by Gasteiger charge is 2.24. The Kier molecular flexibility index (Phi) is 8.31. The van der Waals surface area contributed by atoms with Gasteiger partial charge in [-0.25, -0.2) is 13.1 Å². The van der Waals surface area contributed by atoms with Crippen LogP contribution in [0.3, 0.4) is 0 Å². The number of nitrogens with zero attached hydrogens (tertiary/aromatic N) is 3. The number of aryl methyl sites for hydroxylation is 1. The topological polar surface area (TPSA) is 160 Å². The molecule has 1 aromatic heterocycles. The molecule has 12 heteroatoms. The third kappa shape index (κ3) is 7.35. The van der Waals surface area contributed by atoms with Gasteiger partial charge in [-0.3, -0.25) is 14.4 Å². The first kappa shape index (κ1) is 26.7. The molecule has 38 heavy (non-hydrogen) atoms. The molecule has 0 fully saturated rings. The minimum atomic E-state index is -3.71. The van der Waals surface area contributed by atoms with Crippen molar-refractivity contribution in [1.82, 2.24) is 25.6 Å². The number of carboxylic acid groups (broad SMARTS) is 1. The number of hydrogen-bond acceptors (Lipinski definition) is 7. The normalized spacial score (nSPS) is 15.6. The van der Waals surface area contributed by atoms with Gasteiger partial charge in [0, 0.05) is 5.41 Å². The van der Waals surface area contributed by atoms with Crippen LogP contribution in [0.15, 0.2) is 72.3 Å². The van der Waals surface area contributed by atoms with Crippen molar-refractivity contribution in [1.29, 1.82) is 0 Å². The second kappa shape index (κ2) is 11.8. The van der Waals surface area contributed by atoms with Crippen molar-refractivity contribution in [3.63, 3.8) is 0 Å². The summed E-state index contributed by atoms with van der Waals surface area (Å²) in [6.45, 7) is -0.158. The molecular formula is C26H27N5O6S. The summed E-state index contributed by atoms with van der Waals surface area (Å²) in [7, 11) is -3.71. The van der Waals surface area contributed by atoms with E-state index in [4.69, 9.17) is 0 Å². The highest BCUT2D eigenvalue weighted by atomic mass is 32.2. The lowest BCUT2D eigenvalue weighted by atomic mass is 10.1. The lowest BCUT2D eigenvalue weighted by Crippen LogP contribution is -2.35. The summed E-state index contributed by atoms with van der Waals surface area (Å²) in [4.78, 5) is 36.5. The zero-order chi connectivity index (χ0) is 27.1. The maximum Gasteiger partial charge on any atom is 0.305 e. The van der Waals surface area contributed by atoms with Gasteiger partial charge in [0.1, 0.15) is 6.54 Å².